The minimum atomic E-state index is -1.52. The lowest BCUT2D eigenvalue weighted by Crippen LogP contribution is -2.62. The quantitative estimate of drug-likeness (QED) is 0.318. The number of ether oxygens (including phenoxy) is 2. The van der Waals surface area contributed by atoms with Crippen LogP contribution in [0, 0.1) is 28.1 Å². The molecule has 12 atom stereocenters. The molecule has 0 aromatic rings. The van der Waals surface area contributed by atoms with Crippen LogP contribution in [-0.4, -0.2) is 86.8 Å². The van der Waals surface area contributed by atoms with Gasteiger partial charge in [0.25, 0.3) is 0 Å². The maximum absolute atomic E-state index is 11.2. The fourth-order valence-electron chi connectivity index (χ4n) is 7.29. The van der Waals surface area contributed by atoms with E-state index in [-0.39, 0.29) is 29.3 Å². The number of aliphatic hydroxyl groups is 6. The molecule has 8 heteroatoms. The summed E-state index contributed by atoms with van der Waals surface area (Å²) < 4.78 is 11.5. The number of rotatable bonds is 5. The Bertz CT molecular complexity index is 800. The van der Waals surface area contributed by atoms with Crippen molar-refractivity contribution >= 4 is 0 Å². The maximum atomic E-state index is 11.2. The van der Waals surface area contributed by atoms with Crippen LogP contribution in [0.4, 0.5) is 0 Å². The summed E-state index contributed by atoms with van der Waals surface area (Å²) in [6.45, 7) is 9.87. The van der Waals surface area contributed by atoms with E-state index in [1.807, 2.05) is 13.0 Å². The van der Waals surface area contributed by atoms with Gasteiger partial charge >= 0.3 is 0 Å². The second kappa shape index (κ2) is 9.23. The highest BCUT2D eigenvalue weighted by Gasteiger charge is 2.61. The van der Waals surface area contributed by atoms with Crippen molar-refractivity contribution in [2.75, 3.05) is 13.2 Å². The molecular weight excluding hydrogens is 440 g/mol. The first-order valence-electron chi connectivity index (χ1n) is 12.5. The highest BCUT2D eigenvalue weighted by Crippen LogP contribution is 2.64. The van der Waals surface area contributed by atoms with Crippen LogP contribution < -0.4 is 0 Å². The number of allylic oxidation sites excluding steroid dienone is 2. The van der Waals surface area contributed by atoms with Gasteiger partial charge in [-0.3, -0.25) is 0 Å². The van der Waals surface area contributed by atoms with E-state index in [4.69, 9.17) is 9.47 Å². The minimum Gasteiger partial charge on any atom is -0.394 e. The van der Waals surface area contributed by atoms with Gasteiger partial charge in [-0.1, -0.05) is 32.9 Å². The van der Waals surface area contributed by atoms with E-state index < -0.39 is 54.9 Å². The van der Waals surface area contributed by atoms with Crippen LogP contribution in [0.5, 0.6) is 0 Å². The molecule has 2 saturated carbocycles. The number of hydrogen-bond acceptors (Lipinski definition) is 8. The predicted octanol–water partition coefficient (Wildman–Crippen LogP) is 0.880. The third-order valence-corrected chi connectivity index (χ3v) is 9.69. The molecule has 34 heavy (non-hydrogen) atoms. The topological polar surface area (TPSA) is 140 Å². The number of fused-ring (bicyclic) bond motifs is 3. The van der Waals surface area contributed by atoms with E-state index in [0.717, 1.165) is 24.8 Å². The van der Waals surface area contributed by atoms with Crippen LogP contribution in [0.3, 0.4) is 0 Å². The Morgan fingerprint density at radius 3 is 2.41 bits per heavy atom. The van der Waals surface area contributed by atoms with Crippen molar-refractivity contribution in [3.63, 3.8) is 0 Å². The molecule has 4 rings (SSSR count). The molecule has 194 valence electrons. The molecule has 6 N–H and O–H groups in total. The van der Waals surface area contributed by atoms with Gasteiger partial charge in [0.1, 0.15) is 24.4 Å². The Morgan fingerprint density at radius 2 is 1.76 bits per heavy atom. The largest absolute Gasteiger partial charge is 0.394 e. The molecule has 3 aliphatic carbocycles. The summed E-state index contributed by atoms with van der Waals surface area (Å²) in [7, 11) is 0. The number of aliphatic hydroxyl groups excluding tert-OH is 6. The summed E-state index contributed by atoms with van der Waals surface area (Å²) in [6, 6.07) is 0. The Balaban J connectivity index is 1.58. The first-order valence-corrected chi connectivity index (χ1v) is 12.5. The summed E-state index contributed by atoms with van der Waals surface area (Å²) >= 11 is 0. The van der Waals surface area contributed by atoms with E-state index in [2.05, 4.69) is 26.5 Å². The molecule has 1 aliphatic heterocycles. The monoisotopic (exact) mass is 482 g/mol. The average molecular weight is 483 g/mol. The van der Waals surface area contributed by atoms with E-state index in [1.54, 1.807) is 0 Å². The van der Waals surface area contributed by atoms with Crippen molar-refractivity contribution in [3.05, 3.63) is 24.3 Å². The van der Waals surface area contributed by atoms with Gasteiger partial charge in [-0.25, -0.2) is 0 Å². The molecule has 0 amide bonds. The van der Waals surface area contributed by atoms with Gasteiger partial charge in [0.2, 0.25) is 0 Å². The van der Waals surface area contributed by atoms with Crippen LogP contribution >= 0.6 is 0 Å². The highest BCUT2D eigenvalue weighted by molar-refractivity contribution is 5.30. The maximum Gasteiger partial charge on any atom is 0.186 e. The SMILES string of the molecule is C=C[C@]1(C)C=C2C(O)CC3C(C)(CO[C@@H]4OC(CO)[C@@H](O)C(O)C4O)[C@@H](O)CC[C@]3(C)C2CC1. The summed E-state index contributed by atoms with van der Waals surface area (Å²) in [5, 5.41) is 62.4. The lowest BCUT2D eigenvalue weighted by atomic mass is 9.44. The fraction of sp³-hybridized carbons (Fsp3) is 0.846. The Kier molecular flexibility index (Phi) is 7.12. The second-order valence-corrected chi connectivity index (χ2v) is 11.8. The Hall–Kier alpha value is -0.840. The predicted molar refractivity (Wildman–Crippen MR) is 124 cm³/mol. The van der Waals surface area contributed by atoms with Gasteiger partial charge in [0.15, 0.2) is 6.29 Å². The summed E-state index contributed by atoms with van der Waals surface area (Å²) in [6.07, 6.45) is -0.0495. The molecule has 4 aliphatic rings. The third kappa shape index (κ3) is 4.10. The molecule has 1 heterocycles. The summed E-state index contributed by atoms with van der Waals surface area (Å²) in [5.74, 6) is 0.159. The van der Waals surface area contributed by atoms with Crippen molar-refractivity contribution in [2.24, 2.45) is 28.1 Å². The molecular formula is C26H42O8. The van der Waals surface area contributed by atoms with Crippen molar-refractivity contribution in [1.82, 2.24) is 0 Å². The average Bonchev–Trinajstić information content (AvgIpc) is 2.82. The van der Waals surface area contributed by atoms with Gasteiger partial charge in [0, 0.05) is 10.8 Å². The van der Waals surface area contributed by atoms with E-state index in [1.165, 1.54) is 0 Å². The molecule has 0 spiro atoms. The smallest absolute Gasteiger partial charge is 0.186 e. The van der Waals surface area contributed by atoms with E-state index in [9.17, 15) is 30.6 Å². The van der Waals surface area contributed by atoms with Crippen LogP contribution in [0.15, 0.2) is 24.3 Å². The fourth-order valence-corrected chi connectivity index (χ4v) is 7.29. The molecule has 7 unspecified atom stereocenters. The Morgan fingerprint density at radius 1 is 1.06 bits per heavy atom. The lowest BCUT2D eigenvalue weighted by molar-refractivity contribution is -0.313. The van der Waals surface area contributed by atoms with Crippen LogP contribution in [0.25, 0.3) is 0 Å². The second-order valence-electron chi connectivity index (χ2n) is 11.8. The molecule has 0 bridgehead atoms. The molecule has 8 nitrogen and oxygen atoms in total. The lowest BCUT2D eigenvalue weighted by Gasteiger charge is -2.62. The molecule has 1 saturated heterocycles. The standard InChI is InChI=1S/C26H42O8/c1-5-24(2)8-6-15-14(11-24)16(28)10-18-25(15,3)9-7-19(29)26(18,4)13-33-23-22(32)21(31)20(30)17(12-27)34-23/h5,11,15-23,27-32H,1,6-10,12-13H2,2-4H3/t15?,16?,17?,18?,19-,20+,21?,22?,23+,24-,25+,26?/m0/s1. The van der Waals surface area contributed by atoms with Gasteiger partial charge in [0.05, 0.1) is 25.4 Å². The first kappa shape index (κ1) is 26.2. The zero-order valence-corrected chi connectivity index (χ0v) is 20.5. The zero-order chi connectivity index (χ0) is 25.1. The van der Waals surface area contributed by atoms with Crippen molar-refractivity contribution in [1.29, 1.82) is 0 Å². The van der Waals surface area contributed by atoms with Gasteiger partial charge < -0.3 is 40.1 Å². The summed E-state index contributed by atoms with van der Waals surface area (Å²) in [5.41, 5.74) is 0.0957. The van der Waals surface area contributed by atoms with Gasteiger partial charge in [-0.2, -0.15) is 0 Å². The van der Waals surface area contributed by atoms with Crippen molar-refractivity contribution in [3.8, 4) is 0 Å². The van der Waals surface area contributed by atoms with Crippen molar-refractivity contribution < 1.29 is 40.1 Å². The highest BCUT2D eigenvalue weighted by atomic mass is 16.7. The Labute approximate surface area is 201 Å². The van der Waals surface area contributed by atoms with E-state index >= 15 is 0 Å². The number of hydrogen-bond donors (Lipinski definition) is 6. The molecule has 0 aromatic carbocycles. The summed E-state index contributed by atoms with van der Waals surface area (Å²) in [4.78, 5) is 0. The van der Waals surface area contributed by atoms with Gasteiger partial charge in [-0.15, -0.1) is 6.58 Å². The third-order valence-electron chi connectivity index (χ3n) is 9.69. The molecule has 3 fully saturated rings. The molecule has 0 aromatic heterocycles. The van der Waals surface area contributed by atoms with Gasteiger partial charge in [-0.05, 0) is 54.9 Å². The minimum absolute atomic E-state index is 0.0416. The van der Waals surface area contributed by atoms with Crippen LogP contribution in [0.2, 0.25) is 0 Å². The van der Waals surface area contributed by atoms with E-state index in [0.29, 0.717) is 12.8 Å². The first-order chi connectivity index (χ1) is 15.9. The normalized spacial score (nSPS) is 53.4. The van der Waals surface area contributed by atoms with Crippen molar-refractivity contribution in [2.45, 2.75) is 95.8 Å². The zero-order valence-electron chi connectivity index (χ0n) is 20.5. The van der Waals surface area contributed by atoms with Crippen LogP contribution in [0.1, 0.15) is 52.9 Å². The van der Waals surface area contributed by atoms with Crippen LogP contribution in [-0.2, 0) is 9.47 Å². The molecule has 0 radical (unpaired) electrons.